The lowest BCUT2D eigenvalue weighted by molar-refractivity contribution is 0.101. The average molecular weight is 673 g/mol. The van der Waals surface area contributed by atoms with Crippen LogP contribution in [0.5, 0.6) is 11.5 Å². The van der Waals surface area contributed by atoms with Gasteiger partial charge in [0.2, 0.25) is 0 Å². The van der Waals surface area contributed by atoms with Crippen molar-refractivity contribution in [2.75, 3.05) is 10.6 Å². The van der Waals surface area contributed by atoms with E-state index in [1.807, 2.05) is 76.2 Å². The molecule has 0 aliphatic heterocycles. The standard InChI is InChI=1S/C45H40N2O4/c1-29(2)50-37-25-13-31(14-26-37)43(48)46-35-21-17-33(18-22-35)45(41-11-7-5-9-39(41)40-10-6-8-12-42(40)45)34-19-23-36(24-20-34)47-44(49)32-15-27-38(28-16-32)51-30(3)4/h5-30H,1-4H3,(H,46,48)(H,47,49). The zero-order chi connectivity index (χ0) is 35.5. The van der Waals surface area contributed by atoms with E-state index in [4.69, 9.17) is 9.47 Å². The molecule has 6 nitrogen and oxygen atoms in total. The molecule has 6 aromatic rings. The molecule has 0 bridgehead atoms. The number of hydrogen-bond donors (Lipinski definition) is 2. The molecular weight excluding hydrogens is 633 g/mol. The molecule has 0 spiro atoms. The SMILES string of the molecule is CC(C)Oc1ccc(C(=O)Nc2ccc(C3(c4ccc(NC(=O)c5ccc(OC(C)C)cc5)cc4)c4ccccc4-c4ccccc43)cc2)cc1. The summed E-state index contributed by atoms with van der Waals surface area (Å²) in [4.78, 5) is 26.3. The monoisotopic (exact) mass is 672 g/mol. The molecule has 6 aromatic carbocycles. The van der Waals surface area contributed by atoms with Gasteiger partial charge >= 0.3 is 0 Å². The van der Waals surface area contributed by atoms with E-state index in [-0.39, 0.29) is 24.0 Å². The van der Waals surface area contributed by atoms with Crippen LogP contribution in [0.2, 0.25) is 0 Å². The van der Waals surface area contributed by atoms with Crippen molar-refractivity contribution >= 4 is 23.2 Å². The third-order valence-corrected chi connectivity index (χ3v) is 9.08. The Morgan fingerprint density at radius 3 is 1.18 bits per heavy atom. The minimum absolute atomic E-state index is 0.0585. The number of fused-ring (bicyclic) bond motifs is 3. The molecule has 51 heavy (non-hydrogen) atoms. The molecule has 0 saturated heterocycles. The fourth-order valence-electron chi connectivity index (χ4n) is 6.95. The Bertz CT molecular complexity index is 2010. The number of carbonyl (C=O) groups excluding carboxylic acids is 2. The molecule has 254 valence electrons. The number of nitrogens with one attached hydrogen (secondary N) is 2. The summed E-state index contributed by atoms with van der Waals surface area (Å²) in [6.45, 7) is 7.88. The van der Waals surface area contributed by atoms with Crippen molar-refractivity contribution in [1.82, 2.24) is 0 Å². The van der Waals surface area contributed by atoms with E-state index in [2.05, 4.69) is 83.4 Å². The number of carbonyl (C=O) groups is 2. The molecule has 1 aliphatic rings. The lowest BCUT2D eigenvalue weighted by atomic mass is 9.67. The summed E-state index contributed by atoms with van der Waals surface area (Å²) in [5, 5.41) is 6.10. The third-order valence-electron chi connectivity index (χ3n) is 9.08. The molecule has 7 rings (SSSR count). The molecule has 0 fully saturated rings. The van der Waals surface area contributed by atoms with E-state index < -0.39 is 5.41 Å². The van der Waals surface area contributed by atoms with Gasteiger partial charge in [-0.3, -0.25) is 9.59 Å². The predicted molar refractivity (Wildman–Crippen MR) is 204 cm³/mol. The largest absolute Gasteiger partial charge is 0.491 e. The van der Waals surface area contributed by atoms with Gasteiger partial charge in [-0.2, -0.15) is 0 Å². The van der Waals surface area contributed by atoms with Gasteiger partial charge < -0.3 is 20.1 Å². The molecule has 0 atom stereocenters. The highest BCUT2D eigenvalue weighted by Gasteiger charge is 2.45. The van der Waals surface area contributed by atoms with Gasteiger partial charge in [-0.05, 0) is 134 Å². The summed E-state index contributed by atoms with van der Waals surface area (Å²) >= 11 is 0. The maximum atomic E-state index is 13.2. The summed E-state index contributed by atoms with van der Waals surface area (Å²) in [6, 6.07) is 47.6. The lowest BCUT2D eigenvalue weighted by Gasteiger charge is -2.34. The van der Waals surface area contributed by atoms with Crippen molar-refractivity contribution < 1.29 is 19.1 Å². The first-order valence-corrected chi connectivity index (χ1v) is 17.3. The fraction of sp³-hybridized carbons (Fsp3) is 0.156. The highest BCUT2D eigenvalue weighted by molar-refractivity contribution is 6.05. The summed E-state index contributed by atoms with van der Waals surface area (Å²) < 4.78 is 11.5. The number of amides is 2. The Hall–Kier alpha value is -6.14. The molecule has 0 aromatic heterocycles. The third kappa shape index (κ3) is 6.61. The molecular formula is C45H40N2O4. The highest BCUT2D eigenvalue weighted by atomic mass is 16.5. The van der Waals surface area contributed by atoms with Crippen LogP contribution < -0.4 is 20.1 Å². The van der Waals surface area contributed by atoms with Gasteiger partial charge in [0.15, 0.2) is 0 Å². The van der Waals surface area contributed by atoms with Crippen LogP contribution in [-0.2, 0) is 5.41 Å². The van der Waals surface area contributed by atoms with Gasteiger partial charge in [0.05, 0.1) is 17.6 Å². The number of rotatable bonds is 10. The average Bonchev–Trinajstić information content (AvgIpc) is 3.43. The first kappa shape index (κ1) is 33.4. The molecule has 6 heteroatoms. The Morgan fingerprint density at radius 1 is 0.471 bits per heavy atom. The van der Waals surface area contributed by atoms with Crippen molar-refractivity contribution in [1.29, 1.82) is 0 Å². The fourth-order valence-corrected chi connectivity index (χ4v) is 6.95. The van der Waals surface area contributed by atoms with E-state index in [0.717, 1.165) is 22.6 Å². The maximum absolute atomic E-state index is 13.2. The van der Waals surface area contributed by atoms with E-state index in [9.17, 15) is 9.59 Å². The van der Waals surface area contributed by atoms with Gasteiger partial charge in [-0.25, -0.2) is 0 Å². The minimum Gasteiger partial charge on any atom is -0.491 e. The number of anilines is 2. The molecule has 0 heterocycles. The Balaban J connectivity index is 1.20. The second kappa shape index (κ2) is 14.0. The first-order chi connectivity index (χ1) is 24.7. The van der Waals surface area contributed by atoms with Crippen LogP contribution in [-0.4, -0.2) is 24.0 Å². The number of hydrogen-bond acceptors (Lipinski definition) is 4. The lowest BCUT2D eigenvalue weighted by Crippen LogP contribution is -2.28. The second-order valence-electron chi connectivity index (χ2n) is 13.3. The van der Waals surface area contributed by atoms with E-state index >= 15 is 0 Å². The smallest absolute Gasteiger partial charge is 0.255 e. The summed E-state index contributed by atoms with van der Waals surface area (Å²) in [7, 11) is 0. The van der Waals surface area contributed by atoms with Crippen LogP contribution in [0.25, 0.3) is 11.1 Å². The number of ether oxygens (including phenoxy) is 2. The normalized spacial score (nSPS) is 12.6. The Kier molecular flexibility index (Phi) is 9.16. The van der Waals surface area contributed by atoms with Crippen molar-refractivity contribution in [2.24, 2.45) is 0 Å². The predicted octanol–water partition coefficient (Wildman–Crippen LogP) is 10.1. The van der Waals surface area contributed by atoms with Crippen LogP contribution >= 0.6 is 0 Å². The molecule has 2 amide bonds. The van der Waals surface area contributed by atoms with Crippen LogP contribution in [0.15, 0.2) is 146 Å². The topological polar surface area (TPSA) is 76.7 Å². The first-order valence-electron chi connectivity index (χ1n) is 17.3. The summed E-state index contributed by atoms with van der Waals surface area (Å²) in [5.74, 6) is 1.07. The second-order valence-corrected chi connectivity index (χ2v) is 13.3. The maximum Gasteiger partial charge on any atom is 0.255 e. The van der Waals surface area contributed by atoms with Gasteiger partial charge in [0, 0.05) is 22.5 Å². The van der Waals surface area contributed by atoms with Crippen LogP contribution in [0, 0.1) is 0 Å². The number of benzene rings is 6. The van der Waals surface area contributed by atoms with Crippen LogP contribution in [0.3, 0.4) is 0 Å². The van der Waals surface area contributed by atoms with E-state index in [0.29, 0.717) is 22.5 Å². The van der Waals surface area contributed by atoms with Crippen LogP contribution in [0.1, 0.15) is 70.7 Å². The molecule has 0 saturated carbocycles. The van der Waals surface area contributed by atoms with Gasteiger partial charge in [-0.15, -0.1) is 0 Å². The van der Waals surface area contributed by atoms with Crippen molar-refractivity contribution in [3.8, 4) is 22.6 Å². The van der Waals surface area contributed by atoms with E-state index in [1.165, 1.54) is 22.3 Å². The minimum atomic E-state index is -0.628. The molecule has 1 aliphatic carbocycles. The van der Waals surface area contributed by atoms with Gasteiger partial charge in [0.1, 0.15) is 11.5 Å². The van der Waals surface area contributed by atoms with Crippen molar-refractivity contribution in [3.63, 3.8) is 0 Å². The van der Waals surface area contributed by atoms with Crippen molar-refractivity contribution in [3.05, 3.63) is 179 Å². The highest BCUT2D eigenvalue weighted by Crippen LogP contribution is 2.56. The zero-order valence-electron chi connectivity index (χ0n) is 29.1. The Morgan fingerprint density at radius 2 is 0.824 bits per heavy atom. The molecule has 0 radical (unpaired) electrons. The Labute approximate surface area is 299 Å². The summed E-state index contributed by atoms with van der Waals surface area (Å²) in [5.41, 5.74) is 8.70. The van der Waals surface area contributed by atoms with Gasteiger partial charge in [0.25, 0.3) is 11.8 Å². The quantitative estimate of drug-likeness (QED) is 0.152. The molecule has 2 N–H and O–H groups in total. The molecule has 0 unspecified atom stereocenters. The van der Waals surface area contributed by atoms with Crippen molar-refractivity contribution in [2.45, 2.75) is 45.3 Å². The zero-order valence-corrected chi connectivity index (χ0v) is 29.1. The van der Waals surface area contributed by atoms with Gasteiger partial charge in [-0.1, -0.05) is 72.8 Å². The summed E-state index contributed by atoms with van der Waals surface area (Å²) in [6.07, 6.45) is 0.117. The van der Waals surface area contributed by atoms with Crippen LogP contribution in [0.4, 0.5) is 11.4 Å². The van der Waals surface area contributed by atoms with E-state index in [1.54, 1.807) is 24.3 Å².